The van der Waals surface area contributed by atoms with Gasteiger partial charge in [0.1, 0.15) is 12.1 Å². The maximum Gasteiger partial charge on any atom is 0.161 e. The first-order valence-corrected chi connectivity index (χ1v) is 15.7. The van der Waals surface area contributed by atoms with Crippen LogP contribution in [0, 0.1) is 0 Å². The molecule has 0 aliphatic carbocycles. The SMILES string of the molecule is CCN1CCN(c2cccc3c2CN([C@H](CCCNc2ccc4ccccc4n2)c2ccc(OC)c(OC)c2)C3C=O)CC1. The van der Waals surface area contributed by atoms with Gasteiger partial charge in [0, 0.05) is 56.4 Å². The van der Waals surface area contributed by atoms with E-state index in [0.29, 0.717) is 11.5 Å². The summed E-state index contributed by atoms with van der Waals surface area (Å²) in [6.45, 7) is 8.94. The number of methoxy groups -OCH3 is 2. The van der Waals surface area contributed by atoms with E-state index < -0.39 is 0 Å². The van der Waals surface area contributed by atoms with Crippen LogP contribution < -0.4 is 19.7 Å². The molecule has 2 aliphatic heterocycles. The summed E-state index contributed by atoms with van der Waals surface area (Å²) in [5.41, 5.74) is 5.76. The minimum atomic E-state index is -0.310. The summed E-state index contributed by atoms with van der Waals surface area (Å²) in [5.74, 6) is 2.27. The zero-order chi connectivity index (χ0) is 30.5. The van der Waals surface area contributed by atoms with Crippen LogP contribution in [0.3, 0.4) is 0 Å². The third-order valence-electron chi connectivity index (χ3n) is 9.24. The van der Waals surface area contributed by atoms with Crippen LogP contribution in [-0.2, 0) is 11.3 Å². The number of para-hydroxylation sites is 1. The van der Waals surface area contributed by atoms with Crippen LogP contribution in [0.15, 0.2) is 72.8 Å². The normalized spacial score (nSPS) is 17.8. The molecular formula is C36H43N5O3. The fraction of sp³-hybridized carbons (Fsp3) is 0.389. The Kier molecular flexibility index (Phi) is 9.28. The first kappa shape index (κ1) is 29.9. The maximum absolute atomic E-state index is 12.8. The fourth-order valence-corrected chi connectivity index (χ4v) is 6.82. The summed E-state index contributed by atoms with van der Waals surface area (Å²) < 4.78 is 11.2. The van der Waals surface area contributed by atoms with E-state index in [0.717, 1.165) is 92.8 Å². The molecule has 0 radical (unpaired) electrons. The number of nitrogens with zero attached hydrogens (tertiary/aromatic N) is 4. The lowest BCUT2D eigenvalue weighted by Gasteiger charge is -2.36. The van der Waals surface area contributed by atoms with Gasteiger partial charge < -0.3 is 29.4 Å². The van der Waals surface area contributed by atoms with Gasteiger partial charge in [-0.25, -0.2) is 4.98 Å². The number of pyridine rings is 1. The van der Waals surface area contributed by atoms with Crippen LogP contribution in [0.2, 0.25) is 0 Å². The second-order valence-corrected chi connectivity index (χ2v) is 11.6. The number of hydrogen-bond acceptors (Lipinski definition) is 8. The predicted octanol–water partition coefficient (Wildman–Crippen LogP) is 6.08. The quantitative estimate of drug-likeness (QED) is 0.157. The smallest absolute Gasteiger partial charge is 0.161 e. The number of aromatic nitrogens is 1. The van der Waals surface area contributed by atoms with E-state index >= 15 is 0 Å². The van der Waals surface area contributed by atoms with Crippen molar-refractivity contribution < 1.29 is 14.3 Å². The molecule has 8 heteroatoms. The lowest BCUT2D eigenvalue weighted by Crippen LogP contribution is -2.46. The van der Waals surface area contributed by atoms with Crippen LogP contribution in [-0.4, -0.2) is 74.6 Å². The van der Waals surface area contributed by atoms with Gasteiger partial charge >= 0.3 is 0 Å². The molecule has 2 aliphatic rings. The van der Waals surface area contributed by atoms with Crippen LogP contribution in [0.1, 0.15) is 48.5 Å². The molecule has 1 N–H and O–H groups in total. The maximum atomic E-state index is 12.8. The molecule has 44 heavy (non-hydrogen) atoms. The molecule has 1 unspecified atom stereocenters. The Morgan fingerprint density at radius 3 is 2.55 bits per heavy atom. The monoisotopic (exact) mass is 593 g/mol. The van der Waals surface area contributed by atoms with E-state index in [-0.39, 0.29) is 12.1 Å². The molecule has 230 valence electrons. The van der Waals surface area contributed by atoms with Gasteiger partial charge in [0.05, 0.1) is 25.8 Å². The lowest BCUT2D eigenvalue weighted by atomic mass is 9.98. The van der Waals surface area contributed by atoms with Crippen molar-refractivity contribution in [3.05, 3.63) is 89.5 Å². The Hall–Kier alpha value is -4.14. The number of hydrogen-bond donors (Lipinski definition) is 1. The second-order valence-electron chi connectivity index (χ2n) is 11.6. The first-order valence-electron chi connectivity index (χ1n) is 15.7. The molecule has 6 rings (SSSR count). The number of piperazine rings is 1. The van der Waals surface area contributed by atoms with Gasteiger partial charge in [-0.3, -0.25) is 4.90 Å². The van der Waals surface area contributed by atoms with Crippen molar-refractivity contribution in [1.29, 1.82) is 0 Å². The molecule has 1 fully saturated rings. The molecule has 3 aromatic carbocycles. The third kappa shape index (κ3) is 6.10. The van der Waals surface area contributed by atoms with Crippen molar-refractivity contribution in [1.82, 2.24) is 14.8 Å². The Bertz CT molecular complexity index is 1590. The number of rotatable bonds is 12. The number of anilines is 2. The third-order valence-corrected chi connectivity index (χ3v) is 9.24. The average Bonchev–Trinajstić information content (AvgIpc) is 3.46. The van der Waals surface area contributed by atoms with Crippen LogP contribution in [0.25, 0.3) is 10.9 Å². The molecule has 2 atom stereocenters. The van der Waals surface area contributed by atoms with Crippen molar-refractivity contribution in [3.63, 3.8) is 0 Å². The number of aldehydes is 1. The highest BCUT2D eigenvalue weighted by atomic mass is 16.5. The largest absolute Gasteiger partial charge is 0.493 e. The zero-order valence-electron chi connectivity index (χ0n) is 26.0. The van der Waals surface area contributed by atoms with E-state index in [2.05, 4.69) is 69.4 Å². The number of nitrogens with one attached hydrogen (secondary N) is 1. The van der Waals surface area contributed by atoms with Gasteiger partial charge in [0.15, 0.2) is 11.5 Å². The molecule has 0 bridgehead atoms. The molecular weight excluding hydrogens is 550 g/mol. The standard InChI is InChI=1S/C36H43N5O3/c1-4-39-19-21-40(22-20-39)32-12-7-10-28-29(32)24-41(33(28)25-42)31(27-14-16-34(43-2)35(23-27)44-3)13-8-18-37-36-17-15-26-9-5-6-11-30(26)38-36/h5-7,9-12,14-17,23,25,31,33H,4,8,13,18-22,24H2,1-3H3,(H,37,38)/t31-,33?/m1/s1. The molecule has 1 saturated heterocycles. The minimum Gasteiger partial charge on any atom is -0.493 e. The van der Waals surface area contributed by atoms with Crippen LogP contribution in [0.5, 0.6) is 11.5 Å². The highest BCUT2D eigenvalue weighted by Crippen LogP contribution is 2.45. The average molecular weight is 594 g/mol. The number of likely N-dealkylation sites (N-methyl/N-ethyl adjacent to an activating group) is 1. The van der Waals surface area contributed by atoms with Crippen LogP contribution >= 0.6 is 0 Å². The van der Waals surface area contributed by atoms with E-state index in [1.807, 2.05) is 30.3 Å². The van der Waals surface area contributed by atoms with E-state index in [9.17, 15) is 4.79 Å². The minimum absolute atomic E-state index is 0.00792. The van der Waals surface area contributed by atoms with Gasteiger partial charge in [-0.1, -0.05) is 43.3 Å². The summed E-state index contributed by atoms with van der Waals surface area (Å²) in [6.07, 6.45) is 2.88. The van der Waals surface area contributed by atoms with E-state index in [4.69, 9.17) is 14.5 Å². The first-order chi connectivity index (χ1) is 21.6. The number of fused-ring (bicyclic) bond motifs is 2. The Morgan fingerprint density at radius 1 is 0.955 bits per heavy atom. The number of carbonyl (C=O) groups excluding carboxylic acids is 1. The van der Waals surface area contributed by atoms with Crippen molar-refractivity contribution in [2.24, 2.45) is 0 Å². The Labute approximate surface area is 260 Å². The molecule has 0 saturated carbocycles. The molecule has 1 aromatic heterocycles. The fourth-order valence-electron chi connectivity index (χ4n) is 6.82. The number of benzene rings is 3. The van der Waals surface area contributed by atoms with E-state index in [1.54, 1.807) is 14.2 Å². The molecule has 0 spiro atoms. The summed E-state index contributed by atoms with van der Waals surface area (Å²) in [4.78, 5) is 25.0. The number of carbonyl (C=O) groups is 1. The second kappa shape index (κ2) is 13.7. The zero-order valence-corrected chi connectivity index (χ0v) is 26.0. The molecule has 8 nitrogen and oxygen atoms in total. The molecule has 0 amide bonds. The predicted molar refractivity (Wildman–Crippen MR) is 177 cm³/mol. The highest BCUT2D eigenvalue weighted by molar-refractivity contribution is 5.80. The van der Waals surface area contributed by atoms with Crippen molar-refractivity contribution in [2.45, 2.75) is 38.4 Å². The number of ether oxygens (including phenoxy) is 2. The van der Waals surface area contributed by atoms with Crippen molar-refractivity contribution in [3.8, 4) is 11.5 Å². The van der Waals surface area contributed by atoms with E-state index in [1.165, 1.54) is 11.3 Å². The topological polar surface area (TPSA) is 70.2 Å². The lowest BCUT2D eigenvalue weighted by molar-refractivity contribution is -0.113. The summed E-state index contributed by atoms with van der Waals surface area (Å²) in [6, 6.07) is 24.6. The van der Waals surface area contributed by atoms with Gasteiger partial charge in [0.25, 0.3) is 0 Å². The van der Waals surface area contributed by atoms with Crippen molar-refractivity contribution in [2.75, 3.05) is 63.7 Å². The van der Waals surface area contributed by atoms with Gasteiger partial charge in [-0.2, -0.15) is 0 Å². The summed E-state index contributed by atoms with van der Waals surface area (Å²) >= 11 is 0. The van der Waals surface area contributed by atoms with Gasteiger partial charge in [-0.15, -0.1) is 0 Å². The van der Waals surface area contributed by atoms with Crippen LogP contribution in [0.4, 0.5) is 11.5 Å². The van der Waals surface area contributed by atoms with Crippen molar-refractivity contribution >= 4 is 28.7 Å². The molecule has 4 aromatic rings. The highest BCUT2D eigenvalue weighted by Gasteiger charge is 2.37. The van der Waals surface area contributed by atoms with Gasteiger partial charge in [0.2, 0.25) is 0 Å². The summed E-state index contributed by atoms with van der Waals surface area (Å²) in [5, 5.41) is 4.65. The molecule has 3 heterocycles. The Balaban J connectivity index is 1.25. The van der Waals surface area contributed by atoms with Gasteiger partial charge in [-0.05, 0) is 72.5 Å². The summed E-state index contributed by atoms with van der Waals surface area (Å²) in [7, 11) is 3.32. The Morgan fingerprint density at radius 2 is 1.77 bits per heavy atom.